The molecule has 0 N–H and O–H groups in total. The molecule has 4 heteroatoms. The van der Waals surface area contributed by atoms with Crippen LogP contribution in [-0.4, -0.2) is 50.3 Å². The number of carbonyl (C=O) groups is 1. The summed E-state index contributed by atoms with van der Waals surface area (Å²) in [5, 5.41) is 0. The monoisotopic (exact) mass is 243 g/mol. The van der Waals surface area contributed by atoms with Gasteiger partial charge in [0.25, 0.3) is 0 Å². The molecule has 100 valence electrons. The van der Waals surface area contributed by atoms with Crippen LogP contribution < -0.4 is 0 Å². The predicted molar refractivity (Wildman–Crippen MR) is 67.0 cm³/mol. The lowest BCUT2D eigenvalue weighted by atomic mass is 10.2. The summed E-state index contributed by atoms with van der Waals surface area (Å²) >= 11 is 0. The third-order valence-corrected chi connectivity index (χ3v) is 3.27. The molecule has 0 aromatic rings. The number of carbonyl (C=O) groups excluding carboxylic acids is 1. The molecule has 0 bridgehead atoms. The number of hydrogen-bond donors (Lipinski definition) is 0. The van der Waals surface area contributed by atoms with Crippen LogP contribution >= 0.6 is 0 Å². The highest BCUT2D eigenvalue weighted by molar-refractivity contribution is 5.71. The van der Waals surface area contributed by atoms with Gasteiger partial charge in [-0.3, -0.25) is 9.69 Å². The summed E-state index contributed by atoms with van der Waals surface area (Å²) in [4.78, 5) is 13.6. The summed E-state index contributed by atoms with van der Waals surface area (Å²) < 4.78 is 10.2. The number of methoxy groups -OCH3 is 1. The second kappa shape index (κ2) is 8.48. The molecule has 0 saturated heterocycles. The fourth-order valence-corrected chi connectivity index (χ4v) is 2.32. The minimum Gasteiger partial charge on any atom is -0.468 e. The van der Waals surface area contributed by atoms with Gasteiger partial charge in [0.1, 0.15) is 0 Å². The van der Waals surface area contributed by atoms with E-state index < -0.39 is 0 Å². The average molecular weight is 243 g/mol. The quantitative estimate of drug-likeness (QED) is 0.481. The Labute approximate surface area is 104 Å². The van der Waals surface area contributed by atoms with E-state index in [0.717, 1.165) is 19.6 Å². The van der Waals surface area contributed by atoms with Crippen molar-refractivity contribution >= 4 is 5.97 Å². The second-order valence-corrected chi connectivity index (χ2v) is 4.60. The van der Waals surface area contributed by atoms with Gasteiger partial charge in [0.15, 0.2) is 0 Å². The molecular formula is C13H25NO3. The Morgan fingerprint density at radius 2 is 2.00 bits per heavy atom. The van der Waals surface area contributed by atoms with Crippen molar-refractivity contribution in [1.29, 1.82) is 0 Å². The van der Waals surface area contributed by atoms with Gasteiger partial charge < -0.3 is 9.47 Å². The van der Waals surface area contributed by atoms with Crippen LogP contribution in [0.2, 0.25) is 0 Å². The average Bonchev–Trinajstić information content (AvgIpc) is 2.86. The Kier molecular flexibility index (Phi) is 7.21. The van der Waals surface area contributed by atoms with Crippen molar-refractivity contribution in [1.82, 2.24) is 4.90 Å². The molecule has 4 nitrogen and oxygen atoms in total. The zero-order chi connectivity index (χ0) is 12.5. The van der Waals surface area contributed by atoms with Crippen molar-refractivity contribution in [3.63, 3.8) is 0 Å². The predicted octanol–water partition coefficient (Wildman–Crippen LogP) is 1.83. The molecule has 0 aliphatic heterocycles. The van der Waals surface area contributed by atoms with Crippen LogP contribution in [0.3, 0.4) is 0 Å². The number of nitrogens with zero attached hydrogens (tertiary/aromatic N) is 1. The molecule has 0 aromatic heterocycles. The van der Waals surface area contributed by atoms with Gasteiger partial charge in [-0.25, -0.2) is 0 Å². The molecule has 17 heavy (non-hydrogen) atoms. The van der Waals surface area contributed by atoms with Gasteiger partial charge in [0, 0.05) is 19.2 Å². The molecule has 1 fully saturated rings. The Morgan fingerprint density at radius 3 is 2.59 bits per heavy atom. The largest absolute Gasteiger partial charge is 0.468 e. The minimum atomic E-state index is -0.146. The van der Waals surface area contributed by atoms with Crippen molar-refractivity contribution < 1.29 is 14.3 Å². The first kappa shape index (κ1) is 14.5. The van der Waals surface area contributed by atoms with Gasteiger partial charge in [0.05, 0.1) is 20.3 Å². The molecule has 1 saturated carbocycles. The molecule has 1 aliphatic rings. The first-order chi connectivity index (χ1) is 8.27. The SMILES string of the molecule is CCCOCCN(CC(=O)OC)C1CCCC1. The van der Waals surface area contributed by atoms with Crippen molar-refractivity contribution in [2.45, 2.75) is 45.1 Å². The Morgan fingerprint density at radius 1 is 1.29 bits per heavy atom. The summed E-state index contributed by atoms with van der Waals surface area (Å²) in [7, 11) is 1.45. The van der Waals surface area contributed by atoms with Crippen LogP contribution in [-0.2, 0) is 14.3 Å². The zero-order valence-corrected chi connectivity index (χ0v) is 11.1. The van der Waals surface area contributed by atoms with Crippen LogP contribution in [0.1, 0.15) is 39.0 Å². The topological polar surface area (TPSA) is 38.8 Å². The summed E-state index contributed by atoms with van der Waals surface area (Å²) in [6, 6.07) is 0.541. The van der Waals surface area contributed by atoms with Crippen molar-refractivity contribution in [2.24, 2.45) is 0 Å². The van der Waals surface area contributed by atoms with E-state index in [-0.39, 0.29) is 5.97 Å². The summed E-state index contributed by atoms with van der Waals surface area (Å²) in [6.07, 6.45) is 5.99. The van der Waals surface area contributed by atoms with Crippen molar-refractivity contribution in [2.75, 3.05) is 33.4 Å². The summed E-state index contributed by atoms with van der Waals surface area (Å²) in [5.41, 5.74) is 0. The number of ether oxygens (including phenoxy) is 2. The first-order valence-electron chi connectivity index (χ1n) is 6.66. The lowest BCUT2D eigenvalue weighted by Gasteiger charge is -2.27. The van der Waals surface area contributed by atoms with Crippen molar-refractivity contribution in [3.8, 4) is 0 Å². The number of esters is 1. The van der Waals surface area contributed by atoms with Gasteiger partial charge in [-0.2, -0.15) is 0 Å². The Bertz CT molecular complexity index is 215. The van der Waals surface area contributed by atoms with Gasteiger partial charge in [-0.05, 0) is 19.3 Å². The smallest absolute Gasteiger partial charge is 0.319 e. The van der Waals surface area contributed by atoms with Crippen LogP contribution in [0.25, 0.3) is 0 Å². The minimum absolute atomic E-state index is 0.146. The van der Waals surface area contributed by atoms with Crippen LogP contribution in [0, 0.1) is 0 Å². The normalized spacial score (nSPS) is 16.6. The van der Waals surface area contributed by atoms with Crippen LogP contribution in [0.5, 0.6) is 0 Å². The highest BCUT2D eigenvalue weighted by atomic mass is 16.5. The molecule has 0 atom stereocenters. The van der Waals surface area contributed by atoms with E-state index in [1.165, 1.54) is 32.8 Å². The summed E-state index contributed by atoms with van der Waals surface area (Å²) in [6.45, 7) is 4.84. The van der Waals surface area contributed by atoms with Crippen LogP contribution in [0.4, 0.5) is 0 Å². The second-order valence-electron chi connectivity index (χ2n) is 4.60. The molecular weight excluding hydrogens is 218 g/mol. The van der Waals surface area contributed by atoms with E-state index >= 15 is 0 Å². The molecule has 0 spiro atoms. The molecule has 0 radical (unpaired) electrons. The fourth-order valence-electron chi connectivity index (χ4n) is 2.32. The van der Waals surface area contributed by atoms with Gasteiger partial charge >= 0.3 is 5.97 Å². The first-order valence-corrected chi connectivity index (χ1v) is 6.66. The highest BCUT2D eigenvalue weighted by Gasteiger charge is 2.24. The van der Waals surface area contributed by atoms with E-state index in [9.17, 15) is 4.79 Å². The van der Waals surface area contributed by atoms with Gasteiger partial charge in [0.2, 0.25) is 0 Å². The van der Waals surface area contributed by atoms with Gasteiger partial charge in [-0.15, -0.1) is 0 Å². The van der Waals surface area contributed by atoms with E-state index in [0.29, 0.717) is 19.2 Å². The van der Waals surface area contributed by atoms with E-state index in [1.54, 1.807) is 0 Å². The maximum Gasteiger partial charge on any atom is 0.319 e. The third kappa shape index (κ3) is 5.50. The van der Waals surface area contributed by atoms with Gasteiger partial charge in [-0.1, -0.05) is 19.8 Å². The molecule has 1 rings (SSSR count). The van der Waals surface area contributed by atoms with E-state index in [1.807, 2.05) is 0 Å². The molecule has 0 amide bonds. The van der Waals surface area contributed by atoms with Crippen LogP contribution in [0.15, 0.2) is 0 Å². The van der Waals surface area contributed by atoms with E-state index in [4.69, 9.17) is 9.47 Å². The molecule has 0 heterocycles. The lowest BCUT2D eigenvalue weighted by molar-refractivity contribution is -0.142. The Balaban J connectivity index is 2.32. The fraction of sp³-hybridized carbons (Fsp3) is 0.923. The highest BCUT2D eigenvalue weighted by Crippen LogP contribution is 2.23. The molecule has 1 aliphatic carbocycles. The lowest BCUT2D eigenvalue weighted by Crippen LogP contribution is -2.40. The molecule has 0 aromatic carbocycles. The molecule has 0 unspecified atom stereocenters. The Hall–Kier alpha value is -0.610. The third-order valence-electron chi connectivity index (χ3n) is 3.27. The number of hydrogen-bond acceptors (Lipinski definition) is 4. The number of rotatable bonds is 8. The summed E-state index contributed by atoms with van der Waals surface area (Å²) in [5.74, 6) is -0.146. The maximum absolute atomic E-state index is 11.4. The van der Waals surface area contributed by atoms with E-state index in [2.05, 4.69) is 11.8 Å². The zero-order valence-electron chi connectivity index (χ0n) is 11.1. The van der Waals surface area contributed by atoms with Crippen molar-refractivity contribution in [3.05, 3.63) is 0 Å². The standard InChI is InChI=1S/C13H25NO3/c1-3-9-17-10-8-14(11-13(15)16-2)12-6-4-5-7-12/h12H,3-11H2,1-2H3. The maximum atomic E-state index is 11.4.